The largest absolute Gasteiger partial charge is 0.0622 e. The first kappa shape index (κ1) is 18.7. The minimum Gasteiger partial charge on any atom is -0.0622 e. The summed E-state index contributed by atoms with van der Waals surface area (Å²) < 4.78 is 0. The smallest absolute Gasteiger partial charge is 0.00961 e. The lowest BCUT2D eigenvalue weighted by molar-refractivity contribution is 1.16. The Balaban J connectivity index is 1.48. The normalized spacial score (nSPS) is 13.7. The molecule has 0 atom stereocenters. The second-order valence-electron chi connectivity index (χ2n) is 9.33. The fraction of sp³-hybridized carbons (Fsp3) is 0.0909. The van der Waals surface area contributed by atoms with Crippen molar-refractivity contribution in [1.29, 1.82) is 0 Å². The van der Waals surface area contributed by atoms with Gasteiger partial charge in [0.15, 0.2) is 0 Å². The molecule has 0 nitrogen and oxygen atoms in total. The SMILES string of the molecule is c1ccc(-c2ccc3c(ccc4c5ccc(-c6ccccc6)cc5c(C5CC5)cc34)c2)cc1. The van der Waals surface area contributed by atoms with Crippen molar-refractivity contribution in [3.05, 3.63) is 121 Å². The molecule has 6 aromatic rings. The first-order valence-electron chi connectivity index (χ1n) is 11.9. The van der Waals surface area contributed by atoms with Crippen LogP contribution in [0.1, 0.15) is 24.3 Å². The lowest BCUT2D eigenvalue weighted by atomic mass is 9.89. The number of fused-ring (bicyclic) bond motifs is 5. The van der Waals surface area contributed by atoms with Gasteiger partial charge in [-0.15, -0.1) is 0 Å². The van der Waals surface area contributed by atoms with Crippen LogP contribution in [0.4, 0.5) is 0 Å². The Morgan fingerprint density at radius 2 is 0.970 bits per heavy atom. The van der Waals surface area contributed by atoms with Gasteiger partial charge in [0.05, 0.1) is 0 Å². The summed E-state index contributed by atoms with van der Waals surface area (Å²) in [6.07, 6.45) is 2.61. The van der Waals surface area contributed by atoms with Crippen LogP contribution in [0.15, 0.2) is 115 Å². The zero-order valence-corrected chi connectivity index (χ0v) is 18.5. The first-order chi connectivity index (χ1) is 16.3. The minimum atomic E-state index is 0.696. The fourth-order valence-electron chi connectivity index (χ4n) is 5.35. The third-order valence-electron chi connectivity index (χ3n) is 7.21. The standard InChI is InChI=1S/C33H24/c1-3-7-22(8-4-1)25-13-16-28-27(19-25)15-18-30-29-17-14-26(23-9-5-2-6-10-23)20-32(29)31(21-33(28)30)24-11-12-24/h1-10,13-21,24H,11-12H2. The third kappa shape index (κ3) is 3.14. The molecule has 0 saturated heterocycles. The molecule has 156 valence electrons. The molecule has 0 spiro atoms. The Bertz CT molecular complexity index is 1640. The highest BCUT2D eigenvalue weighted by Gasteiger charge is 2.26. The third-order valence-corrected chi connectivity index (χ3v) is 7.21. The summed E-state index contributed by atoms with van der Waals surface area (Å²) in [5, 5.41) is 8.20. The van der Waals surface area contributed by atoms with Crippen LogP contribution in [0, 0.1) is 0 Å². The molecule has 33 heavy (non-hydrogen) atoms. The maximum atomic E-state index is 2.49. The van der Waals surface area contributed by atoms with Gasteiger partial charge in [-0.2, -0.15) is 0 Å². The van der Waals surface area contributed by atoms with Crippen molar-refractivity contribution in [2.45, 2.75) is 18.8 Å². The van der Waals surface area contributed by atoms with Crippen molar-refractivity contribution < 1.29 is 0 Å². The number of hydrogen-bond donors (Lipinski definition) is 0. The summed E-state index contributed by atoms with van der Waals surface area (Å²) in [6.45, 7) is 0. The molecule has 0 aliphatic heterocycles. The second-order valence-corrected chi connectivity index (χ2v) is 9.33. The van der Waals surface area contributed by atoms with E-state index in [0.717, 1.165) is 0 Å². The Morgan fingerprint density at radius 3 is 1.64 bits per heavy atom. The molecule has 0 heteroatoms. The average molecular weight is 421 g/mol. The van der Waals surface area contributed by atoms with Gasteiger partial charge < -0.3 is 0 Å². The van der Waals surface area contributed by atoms with Crippen molar-refractivity contribution in [2.75, 3.05) is 0 Å². The van der Waals surface area contributed by atoms with Crippen molar-refractivity contribution in [3.8, 4) is 22.3 Å². The van der Waals surface area contributed by atoms with Gasteiger partial charge in [-0.05, 0) is 97.1 Å². The van der Waals surface area contributed by atoms with E-state index in [2.05, 4.69) is 115 Å². The first-order valence-corrected chi connectivity index (χ1v) is 11.9. The molecule has 7 rings (SSSR count). The quantitative estimate of drug-likeness (QED) is 0.250. The van der Waals surface area contributed by atoms with Crippen molar-refractivity contribution in [3.63, 3.8) is 0 Å². The van der Waals surface area contributed by atoms with E-state index in [1.165, 1.54) is 73.0 Å². The van der Waals surface area contributed by atoms with Crippen molar-refractivity contribution in [2.24, 2.45) is 0 Å². The Morgan fingerprint density at radius 1 is 0.394 bits per heavy atom. The predicted octanol–water partition coefficient (Wildman–Crippen LogP) is 9.36. The minimum absolute atomic E-state index is 0.696. The number of rotatable bonds is 3. The molecule has 0 amide bonds. The lowest BCUT2D eigenvalue weighted by Gasteiger charge is -2.14. The van der Waals surface area contributed by atoms with Crippen molar-refractivity contribution in [1.82, 2.24) is 0 Å². The predicted molar refractivity (Wildman–Crippen MR) is 142 cm³/mol. The maximum absolute atomic E-state index is 2.49. The highest BCUT2D eigenvalue weighted by Crippen LogP contribution is 2.46. The van der Waals surface area contributed by atoms with Crippen LogP contribution in [-0.2, 0) is 0 Å². The molecule has 0 radical (unpaired) electrons. The van der Waals surface area contributed by atoms with Gasteiger partial charge in [0.25, 0.3) is 0 Å². The maximum Gasteiger partial charge on any atom is -0.00961 e. The van der Waals surface area contributed by atoms with Gasteiger partial charge in [0.1, 0.15) is 0 Å². The van der Waals surface area contributed by atoms with E-state index in [9.17, 15) is 0 Å². The van der Waals surface area contributed by atoms with Gasteiger partial charge in [-0.25, -0.2) is 0 Å². The number of hydrogen-bond acceptors (Lipinski definition) is 0. The van der Waals surface area contributed by atoms with Gasteiger partial charge in [0.2, 0.25) is 0 Å². The molecule has 1 saturated carbocycles. The van der Waals surface area contributed by atoms with E-state index < -0.39 is 0 Å². The van der Waals surface area contributed by atoms with Crippen LogP contribution >= 0.6 is 0 Å². The summed E-state index contributed by atoms with van der Waals surface area (Å²) in [5.41, 5.74) is 6.66. The van der Waals surface area contributed by atoms with Crippen LogP contribution in [0.5, 0.6) is 0 Å². The molecule has 0 unspecified atom stereocenters. The summed E-state index contributed by atoms with van der Waals surface area (Å²) >= 11 is 0. The van der Waals surface area contributed by atoms with E-state index in [1.807, 2.05) is 0 Å². The monoisotopic (exact) mass is 420 g/mol. The molecular weight excluding hydrogens is 396 g/mol. The molecule has 1 aliphatic carbocycles. The van der Waals surface area contributed by atoms with Crippen LogP contribution in [0.25, 0.3) is 54.6 Å². The average Bonchev–Trinajstić information content (AvgIpc) is 3.74. The van der Waals surface area contributed by atoms with Crippen LogP contribution in [0.3, 0.4) is 0 Å². The molecule has 0 N–H and O–H groups in total. The van der Waals surface area contributed by atoms with Gasteiger partial charge in [-0.1, -0.05) is 97.1 Å². The highest BCUT2D eigenvalue weighted by molar-refractivity contribution is 6.19. The number of benzene rings is 6. The Labute approximate surface area is 194 Å². The molecular formula is C33H24. The molecule has 0 aromatic heterocycles. The van der Waals surface area contributed by atoms with Crippen LogP contribution in [-0.4, -0.2) is 0 Å². The van der Waals surface area contributed by atoms with E-state index in [4.69, 9.17) is 0 Å². The van der Waals surface area contributed by atoms with Crippen molar-refractivity contribution >= 4 is 32.3 Å². The summed E-state index contributed by atoms with van der Waals surface area (Å²) in [5.74, 6) is 0.696. The fourth-order valence-corrected chi connectivity index (χ4v) is 5.35. The van der Waals surface area contributed by atoms with Crippen LogP contribution < -0.4 is 0 Å². The second kappa shape index (κ2) is 7.32. The van der Waals surface area contributed by atoms with Crippen LogP contribution in [0.2, 0.25) is 0 Å². The topological polar surface area (TPSA) is 0 Å². The van der Waals surface area contributed by atoms with E-state index in [1.54, 1.807) is 0 Å². The molecule has 6 aromatic carbocycles. The molecule has 1 fully saturated rings. The van der Waals surface area contributed by atoms with E-state index in [0.29, 0.717) is 5.92 Å². The summed E-state index contributed by atoms with van der Waals surface area (Å²) in [4.78, 5) is 0. The lowest BCUT2D eigenvalue weighted by Crippen LogP contribution is -1.89. The summed E-state index contributed by atoms with van der Waals surface area (Å²) in [6, 6.07) is 42.5. The zero-order valence-electron chi connectivity index (χ0n) is 18.5. The zero-order chi connectivity index (χ0) is 21.8. The Hall–Kier alpha value is -3.90. The molecule has 0 bridgehead atoms. The van der Waals surface area contributed by atoms with Gasteiger partial charge >= 0.3 is 0 Å². The molecule has 0 heterocycles. The van der Waals surface area contributed by atoms with E-state index in [-0.39, 0.29) is 0 Å². The van der Waals surface area contributed by atoms with Gasteiger partial charge in [-0.3, -0.25) is 0 Å². The van der Waals surface area contributed by atoms with E-state index >= 15 is 0 Å². The van der Waals surface area contributed by atoms with Gasteiger partial charge in [0, 0.05) is 0 Å². The summed E-state index contributed by atoms with van der Waals surface area (Å²) in [7, 11) is 0. The molecule has 1 aliphatic rings. The highest BCUT2D eigenvalue weighted by atomic mass is 14.3. The Kier molecular flexibility index (Phi) is 4.14.